The van der Waals surface area contributed by atoms with Crippen molar-refractivity contribution in [3.05, 3.63) is 164 Å². The molecule has 0 unspecified atom stereocenters. The molecule has 0 saturated carbocycles. The molecule has 9 aromatic rings. The number of hydrogen-bond acceptors (Lipinski definition) is 2. The summed E-state index contributed by atoms with van der Waals surface area (Å²) in [6.07, 6.45) is 0. The highest BCUT2D eigenvalue weighted by molar-refractivity contribution is 8.25. The van der Waals surface area contributed by atoms with E-state index in [4.69, 9.17) is 16.2 Å². The Kier molecular flexibility index (Phi) is 6.03. The summed E-state index contributed by atoms with van der Waals surface area (Å²) in [6.45, 7) is 0. The molecule has 1 nitrogen and oxygen atoms in total. The summed E-state index contributed by atoms with van der Waals surface area (Å²) >= 11 is 6.81. The van der Waals surface area contributed by atoms with Crippen LogP contribution < -0.4 is 15.9 Å². The first-order valence-corrected chi connectivity index (χ1v) is 18.0. The van der Waals surface area contributed by atoms with Gasteiger partial charge in [0.1, 0.15) is 11.2 Å². The van der Waals surface area contributed by atoms with Gasteiger partial charge in [-0.2, -0.15) is 0 Å². The second kappa shape index (κ2) is 10.3. The average molecular weight is 611 g/mol. The van der Waals surface area contributed by atoms with Gasteiger partial charge >= 0.3 is 0 Å². The van der Waals surface area contributed by atoms with Gasteiger partial charge in [-0.05, 0) is 60.6 Å². The van der Waals surface area contributed by atoms with Crippen molar-refractivity contribution in [1.82, 2.24) is 0 Å². The van der Waals surface area contributed by atoms with E-state index in [-0.39, 0.29) is 0 Å². The molecule has 0 amide bonds. The summed E-state index contributed by atoms with van der Waals surface area (Å²) in [7, 11) is 0. The largest absolute Gasteiger partial charge is 0.455 e. The minimum Gasteiger partial charge on any atom is -0.455 e. The molecule has 0 atom stereocenters. The van der Waals surface area contributed by atoms with Gasteiger partial charge in [0, 0.05) is 27.7 Å². The first-order chi connectivity index (χ1) is 22.2. The molecule has 1 heterocycles. The van der Waals surface area contributed by atoms with Gasteiger partial charge in [0.25, 0.3) is 0 Å². The molecule has 0 aliphatic heterocycles. The third-order valence-electron chi connectivity index (χ3n) is 9.12. The van der Waals surface area contributed by atoms with Crippen LogP contribution in [0.4, 0.5) is 0 Å². The highest BCUT2D eigenvalue weighted by Crippen LogP contribution is 2.48. The van der Waals surface area contributed by atoms with E-state index in [0.717, 1.165) is 22.3 Å². The van der Waals surface area contributed by atoms with Gasteiger partial charge in [-0.3, -0.25) is 0 Å². The van der Waals surface area contributed by atoms with Gasteiger partial charge in [-0.15, -0.1) is 0 Å². The van der Waals surface area contributed by atoms with Crippen LogP contribution in [0.1, 0.15) is 0 Å². The molecule has 9 rings (SSSR count). The molecule has 3 heteroatoms. The molecular formula is C42H27OPS. The fraction of sp³-hybridized carbons (Fsp3) is 0. The van der Waals surface area contributed by atoms with E-state index in [9.17, 15) is 0 Å². The lowest BCUT2D eigenvalue weighted by Crippen LogP contribution is -2.25. The van der Waals surface area contributed by atoms with Crippen LogP contribution in [0.3, 0.4) is 0 Å². The Labute approximate surface area is 266 Å². The van der Waals surface area contributed by atoms with Crippen LogP contribution in [0.2, 0.25) is 0 Å². The SMILES string of the molecule is S=P(c1ccccc1)(c1ccccc1)c1ccc(-c2cc3ccccc3c3c2oc2ccc4ccccc4c23)c2ccccc12. The zero-order chi connectivity index (χ0) is 30.0. The van der Waals surface area contributed by atoms with Gasteiger partial charge in [-0.1, -0.05) is 163 Å². The zero-order valence-electron chi connectivity index (χ0n) is 24.4. The van der Waals surface area contributed by atoms with E-state index in [0.29, 0.717) is 0 Å². The van der Waals surface area contributed by atoms with Crippen molar-refractivity contribution in [2.75, 3.05) is 0 Å². The summed E-state index contributed by atoms with van der Waals surface area (Å²) in [5.74, 6) is 0. The standard InChI is InChI=1S/C42H27OPS/c45-44(30-15-3-1-4-16-30,31-17-5-2-6-18-31)39-26-24-35(34-21-11-12-22-36(34)39)37-27-29-14-8-10-20-33(29)41-40-32-19-9-7-13-28(32)23-25-38(40)43-42(37)41/h1-27H. The number of fused-ring (bicyclic) bond motifs is 8. The normalized spacial score (nSPS) is 12.1. The van der Waals surface area contributed by atoms with Crippen molar-refractivity contribution in [2.45, 2.75) is 0 Å². The molecule has 0 radical (unpaired) electrons. The molecule has 0 spiro atoms. The Morgan fingerprint density at radius 2 is 0.978 bits per heavy atom. The second-order valence-electron chi connectivity index (χ2n) is 11.6. The Balaban J connectivity index is 1.39. The monoisotopic (exact) mass is 610 g/mol. The Morgan fingerprint density at radius 3 is 1.67 bits per heavy atom. The third-order valence-corrected chi connectivity index (χ3v) is 14.1. The maximum atomic E-state index is 6.83. The first-order valence-electron chi connectivity index (χ1n) is 15.2. The maximum Gasteiger partial charge on any atom is 0.143 e. The van der Waals surface area contributed by atoms with Gasteiger partial charge in [0.15, 0.2) is 0 Å². The van der Waals surface area contributed by atoms with Crippen LogP contribution in [0.5, 0.6) is 0 Å². The van der Waals surface area contributed by atoms with Crippen molar-refractivity contribution >= 4 is 88.0 Å². The molecular weight excluding hydrogens is 584 g/mol. The highest BCUT2D eigenvalue weighted by atomic mass is 32.4. The molecule has 0 aliphatic carbocycles. The number of rotatable bonds is 4. The summed E-state index contributed by atoms with van der Waals surface area (Å²) < 4.78 is 6.83. The topological polar surface area (TPSA) is 13.1 Å². The lowest BCUT2D eigenvalue weighted by atomic mass is 9.92. The molecule has 0 fully saturated rings. The minimum atomic E-state index is -2.36. The lowest BCUT2D eigenvalue weighted by molar-refractivity contribution is 0.670. The predicted octanol–water partition coefficient (Wildman–Crippen LogP) is 10.5. The zero-order valence-corrected chi connectivity index (χ0v) is 26.1. The molecule has 1 aromatic heterocycles. The van der Waals surface area contributed by atoms with Crippen molar-refractivity contribution < 1.29 is 4.42 Å². The summed E-state index contributed by atoms with van der Waals surface area (Å²) in [6, 6.07) is 56.1. The van der Waals surface area contributed by atoms with E-state index in [1.165, 1.54) is 59.0 Å². The van der Waals surface area contributed by atoms with Crippen molar-refractivity contribution in [1.29, 1.82) is 0 Å². The molecule has 212 valence electrons. The van der Waals surface area contributed by atoms with Crippen molar-refractivity contribution in [3.63, 3.8) is 0 Å². The van der Waals surface area contributed by atoms with Crippen LogP contribution in [-0.4, -0.2) is 0 Å². The average Bonchev–Trinajstić information content (AvgIpc) is 3.52. The van der Waals surface area contributed by atoms with Crippen molar-refractivity contribution in [2.24, 2.45) is 0 Å². The fourth-order valence-corrected chi connectivity index (χ4v) is 11.1. The predicted molar refractivity (Wildman–Crippen MR) is 198 cm³/mol. The van der Waals surface area contributed by atoms with E-state index >= 15 is 0 Å². The van der Waals surface area contributed by atoms with E-state index in [1.54, 1.807) is 0 Å². The number of hydrogen-bond donors (Lipinski definition) is 0. The Morgan fingerprint density at radius 1 is 0.422 bits per heavy atom. The van der Waals surface area contributed by atoms with Gasteiger partial charge < -0.3 is 4.42 Å². The molecule has 0 N–H and O–H groups in total. The lowest BCUT2D eigenvalue weighted by Gasteiger charge is -2.26. The smallest absolute Gasteiger partial charge is 0.143 e. The van der Waals surface area contributed by atoms with Crippen molar-refractivity contribution in [3.8, 4) is 11.1 Å². The van der Waals surface area contributed by atoms with Crippen LogP contribution in [-0.2, 0) is 11.8 Å². The summed E-state index contributed by atoms with van der Waals surface area (Å²) in [5.41, 5.74) is 4.07. The van der Waals surface area contributed by atoms with Crippen LogP contribution >= 0.6 is 6.04 Å². The van der Waals surface area contributed by atoms with Gasteiger partial charge in [0.05, 0.1) is 0 Å². The van der Waals surface area contributed by atoms with Crippen LogP contribution in [0.25, 0.3) is 65.4 Å². The molecule has 0 saturated heterocycles. The van der Waals surface area contributed by atoms with Crippen LogP contribution in [0.15, 0.2) is 168 Å². The molecule has 0 bridgehead atoms. The molecule has 8 aromatic carbocycles. The fourth-order valence-electron chi connectivity index (χ4n) is 7.08. The van der Waals surface area contributed by atoms with E-state index in [2.05, 4.69) is 164 Å². The number of benzene rings is 8. The summed E-state index contributed by atoms with van der Waals surface area (Å²) in [4.78, 5) is 0. The van der Waals surface area contributed by atoms with E-state index in [1.807, 2.05) is 0 Å². The second-order valence-corrected chi connectivity index (χ2v) is 15.9. The Bertz CT molecular complexity index is 2580. The first kappa shape index (κ1) is 26.4. The Hall–Kier alpha value is -5.01. The molecule has 45 heavy (non-hydrogen) atoms. The maximum absolute atomic E-state index is 6.83. The summed E-state index contributed by atoms with van der Waals surface area (Å²) in [5, 5.41) is 13.1. The van der Waals surface area contributed by atoms with Gasteiger partial charge in [0.2, 0.25) is 0 Å². The van der Waals surface area contributed by atoms with E-state index < -0.39 is 6.04 Å². The third kappa shape index (κ3) is 3.97. The van der Waals surface area contributed by atoms with Crippen LogP contribution in [0, 0.1) is 0 Å². The van der Waals surface area contributed by atoms with Gasteiger partial charge in [-0.25, -0.2) is 0 Å². The molecule has 0 aliphatic rings. The minimum absolute atomic E-state index is 0.908. The number of furan rings is 1. The highest BCUT2D eigenvalue weighted by Gasteiger charge is 2.28. The quantitative estimate of drug-likeness (QED) is 0.184.